The minimum absolute atomic E-state index is 0.106. The van der Waals surface area contributed by atoms with E-state index in [-0.39, 0.29) is 23.9 Å². The second-order valence-corrected chi connectivity index (χ2v) is 6.08. The van der Waals surface area contributed by atoms with Crippen LogP contribution in [0.4, 0.5) is 15.9 Å². The Balaban J connectivity index is 1.66. The first-order valence-corrected chi connectivity index (χ1v) is 8.16. The summed E-state index contributed by atoms with van der Waals surface area (Å²) in [5.74, 6) is -1.30. The fourth-order valence-corrected chi connectivity index (χ4v) is 2.64. The van der Waals surface area contributed by atoms with Gasteiger partial charge in [-0.05, 0) is 17.9 Å². The minimum Gasteiger partial charge on any atom is -0.358 e. The van der Waals surface area contributed by atoms with E-state index in [9.17, 15) is 19.3 Å². The Bertz CT molecular complexity index is 1020. The molecule has 0 bridgehead atoms. The molecule has 1 amide bonds. The summed E-state index contributed by atoms with van der Waals surface area (Å²) < 4.78 is 16.3. The molecule has 0 saturated carbocycles. The molecule has 0 atom stereocenters. The van der Waals surface area contributed by atoms with Crippen molar-refractivity contribution in [2.45, 2.75) is 20.0 Å². The third-order valence-electron chi connectivity index (χ3n) is 3.79. The lowest BCUT2D eigenvalue weighted by molar-refractivity contribution is -0.389. The summed E-state index contributed by atoms with van der Waals surface area (Å²) in [6.45, 7) is 1.49. The van der Waals surface area contributed by atoms with Crippen molar-refractivity contribution in [1.29, 1.82) is 0 Å². The molecule has 1 aromatic carbocycles. The smallest absolute Gasteiger partial charge is 0.358 e. The average Bonchev–Trinajstić information content (AvgIpc) is 3.16. The van der Waals surface area contributed by atoms with E-state index in [1.807, 2.05) is 0 Å². The van der Waals surface area contributed by atoms with E-state index in [0.717, 1.165) is 4.68 Å². The molecule has 140 valence electrons. The lowest BCUT2D eigenvalue weighted by Gasteiger charge is -2.03. The number of rotatable bonds is 6. The van der Waals surface area contributed by atoms with Crippen LogP contribution in [-0.4, -0.2) is 30.4 Å². The zero-order valence-electron chi connectivity index (χ0n) is 14.1. The van der Waals surface area contributed by atoms with Crippen molar-refractivity contribution < 1.29 is 14.1 Å². The molecule has 3 aromatic rings. The summed E-state index contributed by atoms with van der Waals surface area (Å²) in [5, 5.41) is 21.1. The molecule has 0 unspecified atom stereocenters. The lowest BCUT2D eigenvalue weighted by atomic mass is 10.2. The maximum absolute atomic E-state index is 13.7. The van der Waals surface area contributed by atoms with Crippen LogP contribution in [0.15, 0.2) is 36.7 Å². The Hall–Kier alpha value is -3.27. The number of carbonyl (C=O) groups is 1. The van der Waals surface area contributed by atoms with Gasteiger partial charge in [0.15, 0.2) is 5.02 Å². The van der Waals surface area contributed by atoms with Crippen molar-refractivity contribution in [2.24, 2.45) is 0 Å². The largest absolute Gasteiger partial charge is 0.408 e. The summed E-state index contributed by atoms with van der Waals surface area (Å²) in [6.07, 6.45) is 2.97. The molecule has 3 rings (SSSR count). The number of anilines is 1. The number of nitrogens with one attached hydrogen (secondary N) is 1. The molecule has 2 heterocycles. The van der Waals surface area contributed by atoms with E-state index < -0.39 is 16.6 Å². The van der Waals surface area contributed by atoms with E-state index >= 15 is 0 Å². The van der Waals surface area contributed by atoms with Gasteiger partial charge in [0.1, 0.15) is 12.4 Å². The van der Waals surface area contributed by atoms with Crippen LogP contribution in [0, 0.1) is 22.9 Å². The molecule has 0 aliphatic rings. The van der Waals surface area contributed by atoms with Gasteiger partial charge in [0.2, 0.25) is 5.91 Å². The molecule has 2 aromatic heterocycles. The second kappa shape index (κ2) is 7.54. The predicted molar refractivity (Wildman–Crippen MR) is 95.0 cm³/mol. The van der Waals surface area contributed by atoms with E-state index in [1.54, 1.807) is 24.4 Å². The van der Waals surface area contributed by atoms with E-state index in [4.69, 9.17) is 11.6 Å². The fraction of sp³-hybridized carbons (Fsp3) is 0.188. The number of nitrogens with zero attached hydrogens (tertiary/aromatic N) is 5. The van der Waals surface area contributed by atoms with Gasteiger partial charge in [-0.1, -0.05) is 29.8 Å². The van der Waals surface area contributed by atoms with Crippen LogP contribution in [0.2, 0.25) is 5.02 Å². The van der Waals surface area contributed by atoms with Crippen LogP contribution in [0.5, 0.6) is 0 Å². The molecule has 9 nitrogen and oxygen atoms in total. The molecule has 0 aliphatic carbocycles. The van der Waals surface area contributed by atoms with Crippen molar-refractivity contribution in [2.75, 3.05) is 5.32 Å². The first kappa shape index (κ1) is 18.5. The van der Waals surface area contributed by atoms with Crippen LogP contribution in [0.1, 0.15) is 11.3 Å². The van der Waals surface area contributed by atoms with Gasteiger partial charge in [0.25, 0.3) is 0 Å². The Morgan fingerprint density at radius 3 is 2.81 bits per heavy atom. The molecular formula is C16H14ClFN6O3. The molecule has 1 N–H and O–H groups in total. The molecular weight excluding hydrogens is 379 g/mol. The highest BCUT2D eigenvalue weighted by Crippen LogP contribution is 2.26. The third-order valence-corrected chi connectivity index (χ3v) is 4.23. The quantitative estimate of drug-likeness (QED) is 0.512. The van der Waals surface area contributed by atoms with Crippen LogP contribution < -0.4 is 5.32 Å². The highest BCUT2D eigenvalue weighted by molar-refractivity contribution is 6.33. The Morgan fingerprint density at radius 1 is 1.41 bits per heavy atom. The van der Waals surface area contributed by atoms with Gasteiger partial charge >= 0.3 is 5.82 Å². The number of halogens is 2. The SMILES string of the molecule is Cc1c(Cl)c([N+](=O)[O-])nn1CC(=O)Nc1cnn(Cc2ccccc2F)c1. The average molecular weight is 393 g/mol. The summed E-state index contributed by atoms with van der Waals surface area (Å²) >= 11 is 5.85. The normalized spacial score (nSPS) is 10.8. The number of amides is 1. The Labute approximate surface area is 157 Å². The lowest BCUT2D eigenvalue weighted by Crippen LogP contribution is -2.20. The molecule has 0 spiro atoms. The van der Waals surface area contributed by atoms with Gasteiger partial charge in [-0.3, -0.25) is 9.48 Å². The minimum atomic E-state index is -0.712. The van der Waals surface area contributed by atoms with Gasteiger partial charge in [0.05, 0.1) is 29.2 Å². The first-order chi connectivity index (χ1) is 12.8. The number of nitro groups is 1. The van der Waals surface area contributed by atoms with Gasteiger partial charge in [0, 0.05) is 11.8 Å². The molecule has 0 saturated heterocycles. The Kier molecular flexibility index (Phi) is 5.17. The molecule has 0 aliphatic heterocycles. The van der Waals surface area contributed by atoms with Gasteiger partial charge in [-0.2, -0.15) is 9.78 Å². The van der Waals surface area contributed by atoms with Gasteiger partial charge in [-0.15, -0.1) is 0 Å². The van der Waals surface area contributed by atoms with Crippen molar-refractivity contribution in [3.8, 4) is 0 Å². The predicted octanol–water partition coefficient (Wildman–Crippen LogP) is 2.78. The standard InChI is InChI=1S/C16H14ClFN6O3/c1-10-15(17)16(24(26)27)21-23(10)9-14(25)20-12-6-19-22(8-12)7-11-4-2-3-5-13(11)18/h2-6,8H,7,9H2,1H3,(H,20,25). The van der Waals surface area contributed by atoms with Crippen molar-refractivity contribution in [3.63, 3.8) is 0 Å². The number of aromatic nitrogens is 4. The number of hydrogen-bond donors (Lipinski definition) is 1. The zero-order chi connectivity index (χ0) is 19.6. The highest BCUT2D eigenvalue weighted by Gasteiger charge is 2.25. The fourth-order valence-electron chi connectivity index (χ4n) is 2.43. The van der Waals surface area contributed by atoms with Crippen LogP contribution >= 0.6 is 11.6 Å². The van der Waals surface area contributed by atoms with Crippen LogP contribution in [0.3, 0.4) is 0 Å². The van der Waals surface area contributed by atoms with Crippen molar-refractivity contribution in [3.05, 3.63) is 68.9 Å². The monoisotopic (exact) mass is 392 g/mol. The molecule has 0 radical (unpaired) electrons. The van der Waals surface area contributed by atoms with E-state index in [2.05, 4.69) is 15.5 Å². The molecule has 27 heavy (non-hydrogen) atoms. The third kappa shape index (κ3) is 4.11. The summed E-state index contributed by atoms with van der Waals surface area (Å²) in [6, 6.07) is 6.33. The molecule has 11 heteroatoms. The van der Waals surface area contributed by atoms with E-state index in [0.29, 0.717) is 16.9 Å². The summed E-state index contributed by atoms with van der Waals surface area (Å²) in [4.78, 5) is 22.3. The van der Waals surface area contributed by atoms with Gasteiger partial charge in [-0.25, -0.2) is 4.39 Å². The number of hydrogen-bond acceptors (Lipinski definition) is 5. The summed E-state index contributed by atoms with van der Waals surface area (Å²) in [7, 11) is 0. The van der Waals surface area contributed by atoms with Crippen LogP contribution in [-0.2, 0) is 17.9 Å². The highest BCUT2D eigenvalue weighted by atomic mass is 35.5. The van der Waals surface area contributed by atoms with Crippen molar-refractivity contribution in [1.82, 2.24) is 19.6 Å². The molecule has 0 fully saturated rings. The number of benzene rings is 1. The first-order valence-electron chi connectivity index (χ1n) is 7.78. The summed E-state index contributed by atoms with van der Waals surface area (Å²) in [5.41, 5.74) is 1.18. The second-order valence-electron chi connectivity index (χ2n) is 5.70. The van der Waals surface area contributed by atoms with Crippen LogP contribution in [0.25, 0.3) is 0 Å². The van der Waals surface area contributed by atoms with E-state index in [1.165, 1.54) is 23.9 Å². The topological polar surface area (TPSA) is 108 Å². The van der Waals surface area contributed by atoms with Crippen molar-refractivity contribution >= 4 is 29.0 Å². The zero-order valence-corrected chi connectivity index (χ0v) is 14.9. The maximum Gasteiger partial charge on any atom is 0.408 e. The number of carbonyl (C=O) groups excluding carboxylic acids is 1. The van der Waals surface area contributed by atoms with Gasteiger partial charge < -0.3 is 15.4 Å². The maximum atomic E-state index is 13.7. The Morgan fingerprint density at radius 2 is 2.15 bits per heavy atom.